The van der Waals surface area contributed by atoms with Crippen LogP contribution in [0.5, 0.6) is 11.8 Å². The standard InChI is InChI=1S/C14H19N5O2/c1-4-20-11-8-6-7-10(9-11)16-13-17-12(15-3)18-14(19-13)21-5-2/h6-9H,4-5H2,1-3H3,(H2,15,16,17,18,19). The maximum absolute atomic E-state index is 5.46. The second kappa shape index (κ2) is 7.28. The quantitative estimate of drug-likeness (QED) is 0.810. The van der Waals surface area contributed by atoms with Gasteiger partial charge in [-0.1, -0.05) is 6.07 Å². The van der Waals surface area contributed by atoms with Gasteiger partial charge in [0.2, 0.25) is 11.9 Å². The molecule has 0 atom stereocenters. The van der Waals surface area contributed by atoms with Gasteiger partial charge in [0, 0.05) is 18.8 Å². The van der Waals surface area contributed by atoms with Crippen LogP contribution in [-0.4, -0.2) is 35.2 Å². The van der Waals surface area contributed by atoms with E-state index in [0.29, 0.717) is 25.1 Å². The number of ether oxygens (including phenoxy) is 2. The monoisotopic (exact) mass is 289 g/mol. The highest BCUT2D eigenvalue weighted by Crippen LogP contribution is 2.21. The van der Waals surface area contributed by atoms with Gasteiger partial charge in [-0.3, -0.25) is 0 Å². The number of anilines is 3. The van der Waals surface area contributed by atoms with Crippen LogP contribution in [0.15, 0.2) is 24.3 Å². The Hall–Kier alpha value is -2.57. The van der Waals surface area contributed by atoms with Gasteiger partial charge in [-0.05, 0) is 26.0 Å². The van der Waals surface area contributed by atoms with E-state index in [0.717, 1.165) is 11.4 Å². The summed E-state index contributed by atoms with van der Waals surface area (Å²) < 4.78 is 10.8. The molecule has 0 saturated heterocycles. The van der Waals surface area contributed by atoms with Crippen molar-refractivity contribution < 1.29 is 9.47 Å². The SMILES string of the molecule is CCOc1cccc(Nc2nc(NC)nc(OCC)n2)c1. The van der Waals surface area contributed by atoms with Gasteiger partial charge in [0.25, 0.3) is 0 Å². The molecule has 1 aromatic carbocycles. The fraction of sp³-hybridized carbons (Fsp3) is 0.357. The first-order valence-electron chi connectivity index (χ1n) is 6.81. The molecular weight excluding hydrogens is 270 g/mol. The molecule has 2 aromatic rings. The Kier molecular flexibility index (Phi) is 5.14. The lowest BCUT2D eigenvalue weighted by Gasteiger charge is -2.10. The summed E-state index contributed by atoms with van der Waals surface area (Å²) in [5.74, 6) is 1.64. The third-order valence-electron chi connectivity index (χ3n) is 2.51. The molecule has 0 aliphatic rings. The highest BCUT2D eigenvalue weighted by molar-refractivity contribution is 5.56. The molecule has 0 aliphatic heterocycles. The van der Waals surface area contributed by atoms with Crippen molar-refractivity contribution in [1.29, 1.82) is 0 Å². The molecule has 0 amide bonds. The van der Waals surface area contributed by atoms with E-state index in [2.05, 4.69) is 25.6 Å². The number of nitrogens with one attached hydrogen (secondary N) is 2. The van der Waals surface area contributed by atoms with E-state index < -0.39 is 0 Å². The molecule has 0 bridgehead atoms. The number of hydrogen-bond donors (Lipinski definition) is 2. The van der Waals surface area contributed by atoms with Crippen molar-refractivity contribution >= 4 is 17.6 Å². The van der Waals surface area contributed by atoms with Crippen molar-refractivity contribution in [2.75, 3.05) is 30.9 Å². The van der Waals surface area contributed by atoms with E-state index in [4.69, 9.17) is 9.47 Å². The largest absolute Gasteiger partial charge is 0.494 e. The Morgan fingerprint density at radius 1 is 1.00 bits per heavy atom. The lowest BCUT2D eigenvalue weighted by atomic mass is 10.3. The molecule has 2 rings (SSSR count). The lowest BCUT2D eigenvalue weighted by Crippen LogP contribution is -2.07. The molecule has 21 heavy (non-hydrogen) atoms. The molecule has 0 fully saturated rings. The molecule has 2 N–H and O–H groups in total. The first-order valence-corrected chi connectivity index (χ1v) is 6.81. The molecular formula is C14H19N5O2. The zero-order valence-corrected chi connectivity index (χ0v) is 12.4. The molecule has 0 saturated carbocycles. The zero-order chi connectivity index (χ0) is 15.1. The van der Waals surface area contributed by atoms with Crippen molar-refractivity contribution in [2.45, 2.75) is 13.8 Å². The van der Waals surface area contributed by atoms with Crippen LogP contribution in [-0.2, 0) is 0 Å². The van der Waals surface area contributed by atoms with Gasteiger partial charge in [0.15, 0.2) is 0 Å². The third kappa shape index (κ3) is 4.20. The summed E-state index contributed by atoms with van der Waals surface area (Å²) in [6.45, 7) is 4.93. The van der Waals surface area contributed by atoms with Gasteiger partial charge in [0.1, 0.15) is 5.75 Å². The van der Waals surface area contributed by atoms with Gasteiger partial charge in [-0.15, -0.1) is 0 Å². The number of benzene rings is 1. The summed E-state index contributed by atoms with van der Waals surface area (Å²) in [5.41, 5.74) is 0.830. The van der Waals surface area contributed by atoms with Crippen molar-refractivity contribution in [1.82, 2.24) is 15.0 Å². The number of rotatable bonds is 7. The fourth-order valence-electron chi connectivity index (χ4n) is 1.68. The molecule has 112 valence electrons. The van der Waals surface area contributed by atoms with E-state index in [-0.39, 0.29) is 6.01 Å². The molecule has 0 aliphatic carbocycles. The van der Waals surface area contributed by atoms with Crippen LogP contribution >= 0.6 is 0 Å². The average molecular weight is 289 g/mol. The normalized spacial score (nSPS) is 10.0. The van der Waals surface area contributed by atoms with Crippen LogP contribution < -0.4 is 20.1 Å². The second-order valence-corrected chi connectivity index (χ2v) is 4.03. The molecule has 1 aromatic heterocycles. The van der Waals surface area contributed by atoms with Crippen molar-refractivity contribution in [3.63, 3.8) is 0 Å². The summed E-state index contributed by atoms with van der Waals surface area (Å²) in [6.07, 6.45) is 0. The molecule has 0 unspecified atom stereocenters. The van der Waals surface area contributed by atoms with Gasteiger partial charge >= 0.3 is 6.01 Å². The maximum Gasteiger partial charge on any atom is 0.323 e. The Bertz CT molecular complexity index is 591. The number of hydrogen-bond acceptors (Lipinski definition) is 7. The summed E-state index contributed by atoms with van der Waals surface area (Å²) >= 11 is 0. The predicted octanol–water partition coefficient (Wildman–Crippen LogP) is 2.45. The van der Waals surface area contributed by atoms with Gasteiger partial charge in [0.05, 0.1) is 13.2 Å². The Labute approximate surface area is 123 Å². The highest BCUT2D eigenvalue weighted by Gasteiger charge is 2.07. The Morgan fingerprint density at radius 2 is 1.76 bits per heavy atom. The predicted molar refractivity (Wildman–Crippen MR) is 81.4 cm³/mol. The van der Waals surface area contributed by atoms with Crippen LogP contribution in [0.1, 0.15) is 13.8 Å². The fourth-order valence-corrected chi connectivity index (χ4v) is 1.68. The molecule has 7 heteroatoms. The minimum absolute atomic E-state index is 0.278. The minimum atomic E-state index is 0.278. The molecule has 1 heterocycles. The first kappa shape index (κ1) is 14.8. The Balaban J connectivity index is 2.21. The smallest absolute Gasteiger partial charge is 0.323 e. The van der Waals surface area contributed by atoms with Crippen LogP contribution in [0.2, 0.25) is 0 Å². The first-order chi connectivity index (χ1) is 10.2. The van der Waals surface area contributed by atoms with Crippen molar-refractivity contribution in [3.8, 4) is 11.8 Å². The van der Waals surface area contributed by atoms with Gasteiger partial charge < -0.3 is 20.1 Å². The minimum Gasteiger partial charge on any atom is -0.494 e. The number of aromatic nitrogens is 3. The van der Waals surface area contributed by atoms with Crippen LogP contribution in [0.4, 0.5) is 17.6 Å². The molecule has 0 radical (unpaired) electrons. The maximum atomic E-state index is 5.46. The summed E-state index contributed by atoms with van der Waals surface area (Å²) in [5, 5.41) is 5.99. The highest BCUT2D eigenvalue weighted by atomic mass is 16.5. The van der Waals surface area contributed by atoms with E-state index >= 15 is 0 Å². The van der Waals surface area contributed by atoms with Crippen LogP contribution in [0, 0.1) is 0 Å². The topological polar surface area (TPSA) is 81.2 Å². The van der Waals surface area contributed by atoms with Crippen molar-refractivity contribution in [3.05, 3.63) is 24.3 Å². The molecule has 7 nitrogen and oxygen atoms in total. The third-order valence-corrected chi connectivity index (χ3v) is 2.51. The van der Waals surface area contributed by atoms with Crippen LogP contribution in [0.3, 0.4) is 0 Å². The van der Waals surface area contributed by atoms with E-state index in [1.54, 1.807) is 7.05 Å². The van der Waals surface area contributed by atoms with Gasteiger partial charge in [-0.25, -0.2) is 0 Å². The average Bonchev–Trinajstić information content (AvgIpc) is 2.48. The molecule has 0 spiro atoms. The summed E-state index contributed by atoms with van der Waals surface area (Å²) in [6, 6.07) is 7.86. The van der Waals surface area contributed by atoms with E-state index in [9.17, 15) is 0 Å². The van der Waals surface area contributed by atoms with E-state index in [1.807, 2.05) is 38.1 Å². The zero-order valence-electron chi connectivity index (χ0n) is 12.4. The Morgan fingerprint density at radius 3 is 2.48 bits per heavy atom. The van der Waals surface area contributed by atoms with Crippen molar-refractivity contribution in [2.24, 2.45) is 0 Å². The van der Waals surface area contributed by atoms with Crippen LogP contribution in [0.25, 0.3) is 0 Å². The summed E-state index contributed by atoms with van der Waals surface area (Å²) in [7, 11) is 1.74. The lowest BCUT2D eigenvalue weighted by molar-refractivity contribution is 0.312. The number of nitrogens with zero attached hydrogens (tertiary/aromatic N) is 3. The van der Waals surface area contributed by atoms with Gasteiger partial charge in [-0.2, -0.15) is 15.0 Å². The van der Waals surface area contributed by atoms with E-state index in [1.165, 1.54) is 0 Å². The summed E-state index contributed by atoms with van der Waals surface area (Å²) in [4.78, 5) is 12.6. The second-order valence-electron chi connectivity index (χ2n) is 4.03.